The second kappa shape index (κ2) is 29.1. The predicted molar refractivity (Wildman–Crippen MR) is 182 cm³/mol. The minimum atomic E-state index is -1.65. The molecule has 0 aromatic rings. The van der Waals surface area contributed by atoms with Crippen molar-refractivity contribution in [2.45, 2.75) is 213 Å². The summed E-state index contributed by atoms with van der Waals surface area (Å²) in [5.74, 6) is -2.45. The van der Waals surface area contributed by atoms with Crippen LogP contribution in [0.5, 0.6) is 0 Å². The Bertz CT molecular complexity index is 589. The van der Waals surface area contributed by atoms with E-state index in [4.69, 9.17) is 9.47 Å². The van der Waals surface area contributed by atoms with E-state index in [1.807, 2.05) is 6.92 Å². The van der Waals surface area contributed by atoms with Crippen LogP contribution in [-0.2, 0) is 19.1 Å². The minimum Gasteiger partial charge on any atom is -0.408 e. The van der Waals surface area contributed by atoms with Crippen molar-refractivity contribution in [3.05, 3.63) is 0 Å². The number of esters is 2. The van der Waals surface area contributed by atoms with Crippen LogP contribution >= 0.6 is 17.0 Å². The molecule has 2 N–H and O–H groups in total. The van der Waals surface area contributed by atoms with Gasteiger partial charge in [-0.15, -0.1) is 17.0 Å². The average Bonchev–Trinajstić information content (AvgIpc) is 2.94. The van der Waals surface area contributed by atoms with Gasteiger partial charge in [0.05, 0.1) is 0 Å². The zero-order chi connectivity index (χ0) is 30.7. The summed E-state index contributed by atoms with van der Waals surface area (Å²) < 4.78 is 11.5. The molecule has 0 bridgehead atoms. The van der Waals surface area contributed by atoms with Crippen LogP contribution in [-0.4, -0.2) is 28.7 Å². The van der Waals surface area contributed by atoms with Gasteiger partial charge in [-0.25, -0.2) is 5.32 Å². The topological polar surface area (TPSA) is 84.9 Å². The Kier molecular flexibility index (Phi) is 30.1. The largest absolute Gasteiger partial charge is 0.408 e. The Balaban J connectivity index is 0. The van der Waals surface area contributed by atoms with E-state index in [1.165, 1.54) is 103 Å². The number of aliphatic hydroxyl groups is 1. The van der Waals surface area contributed by atoms with Gasteiger partial charge in [-0.2, -0.15) is 0 Å². The van der Waals surface area contributed by atoms with Crippen LogP contribution in [0.25, 0.3) is 0 Å². The fraction of sp³-hybridized carbons (Fsp3) is 0.943. The lowest BCUT2D eigenvalue weighted by molar-refractivity contribution is -0.261. The van der Waals surface area contributed by atoms with Gasteiger partial charge in [-0.3, -0.25) is 9.59 Å². The Morgan fingerprint density at radius 2 is 0.810 bits per heavy atom. The zero-order valence-corrected chi connectivity index (χ0v) is 30.1. The minimum absolute atomic E-state index is 0. The highest BCUT2D eigenvalue weighted by molar-refractivity contribution is 8.93. The molecular weight excluding hydrogens is 594 g/mol. The molecule has 0 aliphatic heterocycles. The third kappa shape index (κ3) is 25.8. The van der Waals surface area contributed by atoms with Gasteiger partial charge in [-0.1, -0.05) is 156 Å². The first kappa shape index (κ1) is 43.5. The van der Waals surface area contributed by atoms with Gasteiger partial charge in [0.25, 0.3) is 0 Å². The van der Waals surface area contributed by atoms with Gasteiger partial charge in [-0.05, 0) is 26.2 Å². The number of hydrogen-bond donors (Lipinski definition) is 2. The van der Waals surface area contributed by atoms with E-state index in [-0.39, 0.29) is 36.2 Å². The number of carbonyl (C=O) groups is 2. The summed E-state index contributed by atoms with van der Waals surface area (Å²) in [7, 11) is 0. The molecule has 6 nitrogen and oxygen atoms in total. The maximum absolute atomic E-state index is 12.8. The standard InChI is InChI=1S/C35H69NO5.BrH/c1-6-10-12-14-16-18-20-22-24-26-28-30-32(37)40-35(9-4,36-34(5,39)8-3)41-33(38)31-29-27-25-23-21-19-17-15-13-11-7-2;/h36,39H,6-31H2,1-5H3;1H. The summed E-state index contributed by atoms with van der Waals surface area (Å²) in [4.78, 5) is 25.5. The lowest BCUT2D eigenvalue weighted by atomic mass is 10.1. The van der Waals surface area contributed by atoms with Crippen LogP contribution in [0.2, 0.25) is 0 Å². The van der Waals surface area contributed by atoms with Crippen molar-refractivity contribution in [1.82, 2.24) is 5.32 Å². The molecule has 1 atom stereocenters. The molecule has 0 spiro atoms. The maximum atomic E-state index is 12.8. The number of halogens is 1. The number of hydrogen-bond acceptors (Lipinski definition) is 6. The first-order valence-electron chi connectivity index (χ1n) is 17.7. The SMILES string of the molecule is Br.CCCCCCCCCCCCCC(=O)OC(CC)(NC(C)(O)CC)OC(=O)CCCCCCCCCCCCC. The van der Waals surface area contributed by atoms with Crippen LogP contribution in [0, 0.1) is 0 Å². The van der Waals surface area contributed by atoms with Crippen LogP contribution in [0.15, 0.2) is 0 Å². The lowest BCUT2D eigenvalue weighted by Crippen LogP contribution is -2.60. The summed E-state index contributed by atoms with van der Waals surface area (Å²) in [5.41, 5.74) is -1.33. The van der Waals surface area contributed by atoms with E-state index >= 15 is 0 Å². The summed E-state index contributed by atoms with van der Waals surface area (Å²) in [6.45, 7) is 9.72. The van der Waals surface area contributed by atoms with Crippen molar-refractivity contribution in [2.24, 2.45) is 0 Å². The molecule has 7 heteroatoms. The van der Waals surface area contributed by atoms with Gasteiger partial charge in [0.1, 0.15) is 5.72 Å². The summed E-state index contributed by atoms with van der Waals surface area (Å²) >= 11 is 0. The molecular formula is C35H70BrNO5. The van der Waals surface area contributed by atoms with Crippen LogP contribution in [0.4, 0.5) is 0 Å². The third-order valence-corrected chi connectivity index (χ3v) is 8.14. The second-order valence-electron chi connectivity index (χ2n) is 12.4. The second-order valence-corrected chi connectivity index (χ2v) is 12.4. The van der Waals surface area contributed by atoms with E-state index in [0.717, 1.165) is 38.5 Å². The van der Waals surface area contributed by atoms with Crippen LogP contribution in [0.3, 0.4) is 0 Å². The van der Waals surface area contributed by atoms with Crippen molar-refractivity contribution < 1.29 is 24.2 Å². The van der Waals surface area contributed by atoms with E-state index < -0.39 is 23.6 Å². The molecule has 0 rings (SSSR count). The molecule has 252 valence electrons. The Morgan fingerprint density at radius 1 is 0.524 bits per heavy atom. The molecule has 0 saturated carbocycles. The fourth-order valence-electron chi connectivity index (χ4n) is 5.14. The molecule has 0 fully saturated rings. The Hall–Kier alpha value is -0.660. The number of ether oxygens (including phenoxy) is 2. The molecule has 0 radical (unpaired) electrons. The Morgan fingerprint density at radius 3 is 1.07 bits per heavy atom. The third-order valence-electron chi connectivity index (χ3n) is 8.14. The molecule has 0 amide bonds. The molecule has 0 aliphatic carbocycles. The highest BCUT2D eigenvalue weighted by Crippen LogP contribution is 2.23. The van der Waals surface area contributed by atoms with Gasteiger partial charge < -0.3 is 14.6 Å². The zero-order valence-electron chi connectivity index (χ0n) is 28.4. The smallest absolute Gasteiger partial charge is 0.320 e. The number of rotatable bonds is 30. The Labute approximate surface area is 271 Å². The van der Waals surface area contributed by atoms with Gasteiger partial charge in [0, 0.05) is 19.3 Å². The van der Waals surface area contributed by atoms with E-state index in [2.05, 4.69) is 19.2 Å². The van der Waals surface area contributed by atoms with Crippen molar-refractivity contribution in [1.29, 1.82) is 0 Å². The maximum Gasteiger partial charge on any atom is 0.320 e. The molecule has 0 aromatic carbocycles. The lowest BCUT2D eigenvalue weighted by Gasteiger charge is -2.38. The summed E-state index contributed by atoms with van der Waals surface area (Å²) in [6, 6.07) is 0. The monoisotopic (exact) mass is 663 g/mol. The molecule has 42 heavy (non-hydrogen) atoms. The van der Waals surface area contributed by atoms with Crippen molar-refractivity contribution in [2.75, 3.05) is 0 Å². The van der Waals surface area contributed by atoms with Gasteiger partial charge >= 0.3 is 17.8 Å². The number of carbonyl (C=O) groups excluding carboxylic acids is 2. The normalized spacial score (nSPS) is 12.9. The van der Waals surface area contributed by atoms with Crippen molar-refractivity contribution in [3.8, 4) is 0 Å². The fourth-order valence-corrected chi connectivity index (χ4v) is 5.14. The molecule has 0 saturated heterocycles. The average molecular weight is 665 g/mol. The predicted octanol–water partition coefficient (Wildman–Crippen LogP) is 10.8. The number of nitrogens with one attached hydrogen (secondary N) is 1. The van der Waals surface area contributed by atoms with Crippen molar-refractivity contribution in [3.63, 3.8) is 0 Å². The van der Waals surface area contributed by atoms with Gasteiger partial charge in [0.15, 0.2) is 0 Å². The van der Waals surface area contributed by atoms with Crippen molar-refractivity contribution >= 4 is 28.9 Å². The summed E-state index contributed by atoms with van der Waals surface area (Å²) in [5, 5.41) is 13.6. The molecule has 0 aliphatic rings. The van der Waals surface area contributed by atoms with E-state index in [0.29, 0.717) is 6.42 Å². The van der Waals surface area contributed by atoms with Crippen LogP contribution < -0.4 is 5.32 Å². The highest BCUT2D eigenvalue weighted by atomic mass is 79.9. The quantitative estimate of drug-likeness (QED) is 0.0452. The molecule has 0 heterocycles. The van der Waals surface area contributed by atoms with E-state index in [9.17, 15) is 14.7 Å². The van der Waals surface area contributed by atoms with E-state index in [1.54, 1.807) is 13.8 Å². The molecule has 0 aromatic heterocycles. The first-order chi connectivity index (χ1) is 19.7. The number of unbranched alkanes of at least 4 members (excludes halogenated alkanes) is 20. The van der Waals surface area contributed by atoms with Crippen LogP contribution in [0.1, 0.15) is 202 Å². The highest BCUT2D eigenvalue weighted by Gasteiger charge is 2.41. The summed E-state index contributed by atoms with van der Waals surface area (Å²) in [6.07, 6.45) is 27.8. The molecule has 1 unspecified atom stereocenters. The first-order valence-corrected chi connectivity index (χ1v) is 17.7. The van der Waals surface area contributed by atoms with Gasteiger partial charge in [0.2, 0.25) is 0 Å².